The molecule has 0 amide bonds. The lowest BCUT2D eigenvalue weighted by Crippen LogP contribution is -1.94. The lowest BCUT2D eigenvalue weighted by Gasteiger charge is -2.08. The van der Waals surface area contributed by atoms with Crippen LogP contribution in [0.15, 0.2) is 70.6 Å². The molecule has 0 spiro atoms. The van der Waals surface area contributed by atoms with Crippen molar-refractivity contribution in [2.45, 2.75) is 35.6 Å². The predicted octanol–water partition coefficient (Wildman–Crippen LogP) is 6.04. The first-order valence-corrected chi connectivity index (χ1v) is 10.0. The van der Waals surface area contributed by atoms with Crippen LogP contribution in [-0.4, -0.2) is 15.2 Å². The maximum Gasteiger partial charge on any atom is 0.152 e. The van der Waals surface area contributed by atoms with Gasteiger partial charge in [0.2, 0.25) is 0 Å². The molecule has 1 aliphatic rings. The summed E-state index contributed by atoms with van der Waals surface area (Å²) in [6, 6.07) is 21.2. The highest BCUT2D eigenvalue weighted by Gasteiger charge is 2.25. The molecule has 0 unspecified atom stereocenters. The highest BCUT2D eigenvalue weighted by molar-refractivity contribution is 7.99. The van der Waals surface area contributed by atoms with Crippen LogP contribution in [0, 0.1) is 6.92 Å². The summed E-state index contributed by atoms with van der Waals surface area (Å²) in [6.45, 7) is 2.02. The molecule has 4 nitrogen and oxygen atoms in total. The van der Waals surface area contributed by atoms with Crippen LogP contribution < -0.4 is 5.32 Å². The molecule has 1 aliphatic carbocycles. The summed E-state index contributed by atoms with van der Waals surface area (Å²) in [6.07, 6.45) is 2.53. The summed E-state index contributed by atoms with van der Waals surface area (Å²) in [5.74, 6) is 1.54. The Bertz CT molecular complexity index is 1110. The number of benzene rings is 2. The topological polar surface area (TPSA) is 53.6 Å². The molecule has 1 saturated carbocycles. The molecule has 2 aromatic carbocycles. The van der Waals surface area contributed by atoms with E-state index in [-0.39, 0.29) is 0 Å². The Labute approximate surface area is 162 Å². The van der Waals surface area contributed by atoms with E-state index >= 15 is 0 Å². The molecule has 134 valence electrons. The second-order valence-corrected chi connectivity index (χ2v) is 8.15. The van der Waals surface area contributed by atoms with Crippen molar-refractivity contribution in [2.24, 2.45) is 0 Å². The number of H-pyrrole nitrogens is 1. The van der Waals surface area contributed by atoms with E-state index in [1.54, 1.807) is 11.8 Å². The normalized spacial score (nSPS) is 13.8. The molecule has 4 aromatic rings. The number of aromatic nitrogens is 3. The van der Waals surface area contributed by atoms with Gasteiger partial charge in [-0.3, -0.25) is 5.10 Å². The summed E-state index contributed by atoms with van der Waals surface area (Å²) in [4.78, 5) is 5.88. The lowest BCUT2D eigenvalue weighted by molar-refractivity contribution is 0.966. The largest absolute Gasteiger partial charge is 0.339 e. The van der Waals surface area contributed by atoms with Crippen LogP contribution >= 0.6 is 11.8 Å². The second kappa shape index (κ2) is 6.74. The highest BCUT2D eigenvalue weighted by Crippen LogP contribution is 2.40. The van der Waals surface area contributed by atoms with Gasteiger partial charge in [-0.1, -0.05) is 42.1 Å². The number of aromatic amines is 1. The Kier molecular flexibility index (Phi) is 4.09. The molecular formula is C22H20N4S. The number of nitrogens with one attached hydrogen (secondary N) is 2. The average molecular weight is 372 g/mol. The number of aryl methyl sites for hydroxylation is 1. The predicted molar refractivity (Wildman–Crippen MR) is 111 cm³/mol. The van der Waals surface area contributed by atoms with Gasteiger partial charge >= 0.3 is 0 Å². The first-order chi connectivity index (χ1) is 13.2. The molecule has 0 atom stereocenters. The molecular weight excluding hydrogens is 352 g/mol. The van der Waals surface area contributed by atoms with Gasteiger partial charge in [0.15, 0.2) is 5.82 Å². The third-order valence-corrected chi connectivity index (χ3v) is 5.67. The van der Waals surface area contributed by atoms with Gasteiger partial charge in [0.05, 0.1) is 0 Å². The number of hydrogen-bond donors (Lipinski definition) is 2. The van der Waals surface area contributed by atoms with Crippen LogP contribution in [0.4, 0.5) is 11.5 Å². The van der Waals surface area contributed by atoms with Gasteiger partial charge in [-0.05, 0) is 54.8 Å². The van der Waals surface area contributed by atoms with Crippen LogP contribution in [-0.2, 0) is 0 Å². The van der Waals surface area contributed by atoms with Crippen molar-refractivity contribution < 1.29 is 0 Å². The van der Waals surface area contributed by atoms with E-state index in [9.17, 15) is 0 Å². The smallest absolute Gasteiger partial charge is 0.152 e. The van der Waals surface area contributed by atoms with Crippen molar-refractivity contribution in [3.8, 4) is 0 Å². The molecule has 2 heterocycles. The number of fused-ring (bicyclic) bond motifs is 1. The minimum atomic E-state index is 0.672. The standard InChI is InChI=1S/C22H20N4S/c1-14-10-18(24-21-13-20(25-26-21)16-6-7-16)12-22(23-14)27-19-9-8-15-4-2-3-5-17(15)11-19/h2-5,8-13,16H,6-7H2,1H3,(H2,23,24,25,26). The van der Waals surface area contributed by atoms with Crippen LogP contribution in [0.25, 0.3) is 10.8 Å². The van der Waals surface area contributed by atoms with Crippen LogP contribution in [0.2, 0.25) is 0 Å². The van der Waals surface area contributed by atoms with Crippen molar-refractivity contribution in [2.75, 3.05) is 5.32 Å². The zero-order valence-electron chi connectivity index (χ0n) is 15.1. The number of pyridine rings is 1. The van der Waals surface area contributed by atoms with Gasteiger partial charge < -0.3 is 5.32 Å². The molecule has 0 aliphatic heterocycles. The van der Waals surface area contributed by atoms with Gasteiger partial charge in [0.1, 0.15) is 5.03 Å². The minimum absolute atomic E-state index is 0.672. The maximum atomic E-state index is 4.69. The van der Waals surface area contributed by atoms with E-state index in [0.717, 1.165) is 22.2 Å². The first-order valence-electron chi connectivity index (χ1n) is 9.21. The van der Waals surface area contributed by atoms with E-state index in [2.05, 4.69) is 81.2 Å². The molecule has 0 saturated heterocycles. The van der Waals surface area contributed by atoms with Gasteiger partial charge in [0.25, 0.3) is 0 Å². The molecule has 0 bridgehead atoms. The maximum absolute atomic E-state index is 4.69. The summed E-state index contributed by atoms with van der Waals surface area (Å²) in [5.41, 5.74) is 3.23. The number of anilines is 2. The zero-order chi connectivity index (χ0) is 18.2. The Morgan fingerprint density at radius 3 is 2.70 bits per heavy atom. The lowest BCUT2D eigenvalue weighted by atomic mass is 10.1. The van der Waals surface area contributed by atoms with E-state index in [1.807, 2.05) is 6.92 Å². The average Bonchev–Trinajstić information content (AvgIpc) is 3.41. The SMILES string of the molecule is Cc1cc(Nc2cc(C3CC3)[nH]n2)cc(Sc2ccc3ccccc3c2)n1. The van der Waals surface area contributed by atoms with Gasteiger partial charge in [-0.2, -0.15) is 5.10 Å². The van der Waals surface area contributed by atoms with Gasteiger partial charge in [-0.25, -0.2) is 4.98 Å². The zero-order valence-corrected chi connectivity index (χ0v) is 15.9. The minimum Gasteiger partial charge on any atom is -0.339 e. The molecule has 1 fully saturated rings. The number of nitrogens with zero attached hydrogens (tertiary/aromatic N) is 2. The molecule has 2 N–H and O–H groups in total. The van der Waals surface area contributed by atoms with Gasteiger partial charge in [0, 0.05) is 34.0 Å². The van der Waals surface area contributed by atoms with Crippen molar-refractivity contribution in [1.82, 2.24) is 15.2 Å². The monoisotopic (exact) mass is 372 g/mol. The summed E-state index contributed by atoms with van der Waals surface area (Å²) >= 11 is 1.68. The van der Waals surface area contributed by atoms with Gasteiger partial charge in [-0.15, -0.1) is 0 Å². The van der Waals surface area contributed by atoms with E-state index < -0.39 is 0 Å². The Balaban J connectivity index is 1.38. The Morgan fingerprint density at radius 2 is 1.85 bits per heavy atom. The molecule has 2 aromatic heterocycles. The quantitative estimate of drug-likeness (QED) is 0.448. The third-order valence-electron chi connectivity index (χ3n) is 4.76. The summed E-state index contributed by atoms with van der Waals surface area (Å²) < 4.78 is 0. The van der Waals surface area contributed by atoms with E-state index in [1.165, 1.54) is 34.2 Å². The van der Waals surface area contributed by atoms with Crippen LogP contribution in [0.1, 0.15) is 30.1 Å². The molecule has 5 rings (SSSR count). The summed E-state index contributed by atoms with van der Waals surface area (Å²) in [7, 11) is 0. The fourth-order valence-electron chi connectivity index (χ4n) is 3.27. The van der Waals surface area contributed by atoms with E-state index in [4.69, 9.17) is 0 Å². The summed E-state index contributed by atoms with van der Waals surface area (Å²) in [5, 5.41) is 14.4. The number of rotatable bonds is 5. The molecule has 0 radical (unpaired) electrons. The molecule has 5 heteroatoms. The molecule has 27 heavy (non-hydrogen) atoms. The first kappa shape index (κ1) is 16.4. The fraction of sp³-hybridized carbons (Fsp3) is 0.182. The van der Waals surface area contributed by atoms with Crippen molar-refractivity contribution in [1.29, 1.82) is 0 Å². The Morgan fingerprint density at radius 1 is 1.00 bits per heavy atom. The van der Waals surface area contributed by atoms with E-state index in [0.29, 0.717) is 5.92 Å². The number of hydrogen-bond acceptors (Lipinski definition) is 4. The van der Waals surface area contributed by atoms with Crippen LogP contribution in [0.3, 0.4) is 0 Å². The van der Waals surface area contributed by atoms with Crippen LogP contribution in [0.5, 0.6) is 0 Å². The highest BCUT2D eigenvalue weighted by atomic mass is 32.2. The Hall–Kier alpha value is -2.79. The second-order valence-electron chi connectivity index (χ2n) is 7.05. The fourth-order valence-corrected chi connectivity index (χ4v) is 4.21. The third kappa shape index (κ3) is 3.69. The van der Waals surface area contributed by atoms with Crippen molar-refractivity contribution in [3.63, 3.8) is 0 Å². The van der Waals surface area contributed by atoms with Crippen molar-refractivity contribution in [3.05, 3.63) is 72.1 Å². The van der Waals surface area contributed by atoms with Crippen molar-refractivity contribution >= 4 is 34.0 Å².